The van der Waals surface area contributed by atoms with Gasteiger partial charge < -0.3 is 10.0 Å². The van der Waals surface area contributed by atoms with E-state index in [1.807, 2.05) is 29.3 Å². The van der Waals surface area contributed by atoms with Crippen molar-refractivity contribution in [2.45, 2.75) is 42.6 Å². The molecule has 180 valence electrons. The Kier molecular flexibility index (Phi) is 5.14. The Morgan fingerprint density at radius 1 is 1.03 bits per heavy atom. The van der Waals surface area contributed by atoms with Crippen molar-refractivity contribution >= 4 is 17.7 Å². The first-order valence-corrected chi connectivity index (χ1v) is 12.6. The molecule has 3 atom stereocenters. The van der Waals surface area contributed by atoms with Crippen LogP contribution in [0.3, 0.4) is 0 Å². The van der Waals surface area contributed by atoms with Crippen LogP contribution in [-0.4, -0.2) is 33.3 Å². The first-order chi connectivity index (χ1) is 16.9. The maximum Gasteiger partial charge on any atom is 0.278 e. The van der Waals surface area contributed by atoms with Crippen LogP contribution >= 0.6 is 11.8 Å². The summed E-state index contributed by atoms with van der Waals surface area (Å²) in [5, 5.41) is 12.6. The van der Waals surface area contributed by atoms with Gasteiger partial charge in [-0.3, -0.25) is 19.3 Å². The van der Waals surface area contributed by atoms with Crippen LogP contribution in [0, 0.1) is 17.6 Å². The minimum absolute atomic E-state index is 0.110. The van der Waals surface area contributed by atoms with Crippen molar-refractivity contribution in [3.8, 4) is 5.75 Å². The van der Waals surface area contributed by atoms with E-state index < -0.39 is 40.9 Å². The Hall–Kier alpha value is -3.33. The topological polar surface area (TPSA) is 65.8 Å². The van der Waals surface area contributed by atoms with E-state index in [1.165, 1.54) is 24.0 Å². The van der Waals surface area contributed by atoms with Crippen molar-refractivity contribution in [3.05, 3.63) is 92.9 Å². The highest BCUT2D eigenvalue weighted by Crippen LogP contribution is 2.46. The predicted molar refractivity (Wildman–Crippen MR) is 128 cm³/mol. The molecule has 1 N–H and O–H groups in total. The quantitative estimate of drug-likeness (QED) is 0.543. The number of pyridine rings is 1. The van der Waals surface area contributed by atoms with E-state index in [4.69, 9.17) is 0 Å². The lowest BCUT2D eigenvalue weighted by Crippen LogP contribution is -2.64. The normalized spacial score (nSPS) is 23.2. The highest BCUT2D eigenvalue weighted by Gasteiger charge is 2.46. The summed E-state index contributed by atoms with van der Waals surface area (Å²) in [6, 6.07) is 11.1. The number of benzene rings is 2. The molecule has 1 aromatic heterocycles. The van der Waals surface area contributed by atoms with Crippen LogP contribution < -0.4 is 10.4 Å². The Labute approximate surface area is 204 Å². The number of hydrogen-bond acceptors (Lipinski definition) is 5. The summed E-state index contributed by atoms with van der Waals surface area (Å²) in [4.78, 5) is 28.5. The molecule has 1 amide bonds. The van der Waals surface area contributed by atoms with Crippen molar-refractivity contribution < 1.29 is 18.7 Å². The standard InChI is InChI=1S/C26H23F2N3O3S/c1-14-6-9-21-29(12-14)26(34)24-25(33)19(32)10-11-30(24)31(21)23-15-7-8-18(27)22(28)17(15)13-35-20-5-3-2-4-16(20)23/h2-5,7-8,10-11,14,21,23,33H,6,9,12-13H2,1H3/t14-,21-,23+/m1/s1. The summed E-state index contributed by atoms with van der Waals surface area (Å²) in [7, 11) is 0. The molecule has 0 radical (unpaired) electrons. The van der Waals surface area contributed by atoms with E-state index in [0.29, 0.717) is 18.5 Å². The van der Waals surface area contributed by atoms with Crippen molar-refractivity contribution in [2.24, 2.45) is 5.92 Å². The summed E-state index contributed by atoms with van der Waals surface area (Å²) < 4.78 is 31.0. The van der Waals surface area contributed by atoms with Crippen molar-refractivity contribution in [1.82, 2.24) is 9.58 Å². The van der Waals surface area contributed by atoms with E-state index in [1.54, 1.807) is 15.6 Å². The first kappa shape index (κ1) is 22.2. The third-order valence-corrected chi connectivity index (χ3v) is 8.35. The van der Waals surface area contributed by atoms with E-state index in [0.717, 1.165) is 22.9 Å². The van der Waals surface area contributed by atoms with Crippen LogP contribution in [0.4, 0.5) is 8.78 Å². The molecule has 0 bridgehead atoms. The van der Waals surface area contributed by atoms with Crippen molar-refractivity contribution in [3.63, 3.8) is 0 Å². The van der Waals surface area contributed by atoms with E-state index in [-0.39, 0.29) is 22.9 Å². The van der Waals surface area contributed by atoms with E-state index in [2.05, 4.69) is 6.92 Å². The number of thioether (sulfide) groups is 1. The zero-order valence-corrected chi connectivity index (χ0v) is 19.8. The van der Waals surface area contributed by atoms with Gasteiger partial charge in [-0.05, 0) is 42.0 Å². The fourth-order valence-electron chi connectivity index (χ4n) is 5.57. The SMILES string of the molecule is C[C@@H]1CC[C@@H]2N(C1)C(=O)c1c(O)c(=O)ccn1N2[C@@H]1c2ccccc2SCc2c1ccc(F)c2F. The summed E-state index contributed by atoms with van der Waals surface area (Å²) in [6.45, 7) is 2.53. The third-order valence-electron chi connectivity index (χ3n) is 7.23. The molecule has 4 heterocycles. The lowest BCUT2D eigenvalue weighted by Gasteiger charge is -2.52. The van der Waals surface area contributed by atoms with Crippen LogP contribution in [0.2, 0.25) is 0 Å². The molecule has 0 aliphatic carbocycles. The van der Waals surface area contributed by atoms with Gasteiger partial charge in [-0.15, -0.1) is 11.8 Å². The molecular formula is C26H23F2N3O3S. The monoisotopic (exact) mass is 495 g/mol. The van der Waals surface area contributed by atoms with Crippen molar-refractivity contribution in [2.75, 3.05) is 11.6 Å². The average molecular weight is 496 g/mol. The zero-order valence-electron chi connectivity index (χ0n) is 18.9. The van der Waals surface area contributed by atoms with Gasteiger partial charge in [0.1, 0.15) is 6.17 Å². The Morgan fingerprint density at radius 2 is 1.83 bits per heavy atom. The number of amides is 1. The lowest BCUT2D eigenvalue weighted by atomic mass is 9.90. The van der Waals surface area contributed by atoms with Crippen molar-refractivity contribution in [1.29, 1.82) is 0 Å². The molecule has 3 aliphatic rings. The maximum absolute atomic E-state index is 15.1. The van der Waals surface area contributed by atoms with Crippen LogP contribution in [0.15, 0.2) is 58.4 Å². The number of carbonyl (C=O) groups excluding carboxylic acids is 1. The zero-order chi connectivity index (χ0) is 24.4. The van der Waals surface area contributed by atoms with Crippen LogP contribution in [0.1, 0.15) is 53.0 Å². The molecule has 6 nitrogen and oxygen atoms in total. The number of halogens is 2. The number of rotatable bonds is 1. The smallest absolute Gasteiger partial charge is 0.278 e. The fourth-order valence-corrected chi connectivity index (χ4v) is 6.68. The maximum atomic E-state index is 15.1. The van der Waals surface area contributed by atoms with E-state index >= 15 is 4.39 Å². The van der Waals surface area contributed by atoms with Crippen LogP contribution in [0.25, 0.3) is 0 Å². The number of hydrogen-bond donors (Lipinski definition) is 1. The molecular weight excluding hydrogens is 472 g/mol. The molecule has 0 unspecified atom stereocenters. The molecule has 3 aliphatic heterocycles. The summed E-state index contributed by atoms with van der Waals surface area (Å²) in [5.41, 5.74) is 1.01. The van der Waals surface area contributed by atoms with Gasteiger partial charge in [-0.25, -0.2) is 8.78 Å². The Bertz CT molecular complexity index is 1430. The number of aromatic nitrogens is 1. The minimum atomic E-state index is -0.905. The largest absolute Gasteiger partial charge is 0.502 e. The number of nitrogens with zero attached hydrogens (tertiary/aromatic N) is 3. The number of aromatic hydroxyl groups is 1. The molecule has 1 fully saturated rings. The lowest BCUT2D eigenvalue weighted by molar-refractivity contribution is 0.0381. The van der Waals surface area contributed by atoms with Gasteiger partial charge in [0.2, 0.25) is 5.43 Å². The highest BCUT2D eigenvalue weighted by atomic mass is 32.2. The number of carbonyl (C=O) groups is 1. The van der Waals surface area contributed by atoms with Gasteiger partial charge in [0.15, 0.2) is 23.1 Å². The van der Waals surface area contributed by atoms with Gasteiger partial charge in [0.05, 0.1) is 6.04 Å². The molecule has 35 heavy (non-hydrogen) atoms. The summed E-state index contributed by atoms with van der Waals surface area (Å²) in [6.07, 6.45) is 2.63. The second kappa shape index (κ2) is 8.12. The first-order valence-electron chi connectivity index (χ1n) is 11.6. The van der Waals surface area contributed by atoms with Gasteiger partial charge >= 0.3 is 0 Å². The van der Waals surface area contributed by atoms with E-state index in [9.17, 15) is 19.1 Å². The molecule has 2 aromatic carbocycles. The van der Waals surface area contributed by atoms with Gasteiger partial charge in [-0.2, -0.15) is 0 Å². The molecule has 3 aromatic rings. The minimum Gasteiger partial charge on any atom is -0.502 e. The number of piperidine rings is 1. The van der Waals surface area contributed by atoms with Crippen LogP contribution in [0.5, 0.6) is 5.75 Å². The molecule has 0 saturated carbocycles. The van der Waals surface area contributed by atoms with Gasteiger partial charge in [-0.1, -0.05) is 31.2 Å². The molecule has 6 rings (SSSR count). The summed E-state index contributed by atoms with van der Waals surface area (Å²) in [5.74, 6) is -2.30. The van der Waals surface area contributed by atoms with Crippen LogP contribution in [-0.2, 0) is 5.75 Å². The van der Waals surface area contributed by atoms with Gasteiger partial charge in [0.25, 0.3) is 5.91 Å². The average Bonchev–Trinajstić information content (AvgIpc) is 3.01. The Balaban J connectivity index is 1.66. The van der Waals surface area contributed by atoms with Gasteiger partial charge in [0, 0.05) is 35.0 Å². The summed E-state index contributed by atoms with van der Waals surface area (Å²) >= 11 is 1.44. The second-order valence-corrected chi connectivity index (χ2v) is 10.4. The molecule has 9 heteroatoms. The third kappa shape index (κ3) is 3.28. The molecule has 0 spiro atoms. The fraction of sp³-hybridized carbons (Fsp3) is 0.308. The predicted octanol–water partition coefficient (Wildman–Crippen LogP) is 4.38. The number of fused-ring (bicyclic) bond motifs is 4. The molecule has 1 saturated heterocycles. The highest BCUT2D eigenvalue weighted by molar-refractivity contribution is 7.98. The second-order valence-electron chi connectivity index (χ2n) is 9.38. The Morgan fingerprint density at radius 3 is 2.66 bits per heavy atom.